The molecule has 1 aliphatic rings. The van der Waals surface area contributed by atoms with Gasteiger partial charge in [0.1, 0.15) is 5.82 Å². The Morgan fingerprint density at radius 1 is 1.61 bits per heavy atom. The van der Waals surface area contributed by atoms with Crippen molar-refractivity contribution >= 4 is 23.5 Å². The van der Waals surface area contributed by atoms with E-state index >= 15 is 0 Å². The molecule has 2 N–H and O–H groups in total. The third-order valence-electron chi connectivity index (χ3n) is 2.96. The largest absolute Gasteiger partial charge is 0.370 e. The number of nitrogens with zero attached hydrogens (tertiary/aromatic N) is 1. The predicted octanol–water partition coefficient (Wildman–Crippen LogP) is 2.00. The number of hydrogen-bond acceptors (Lipinski definition) is 4. The van der Waals surface area contributed by atoms with Gasteiger partial charge in [0.25, 0.3) is 5.91 Å². The molecule has 5 heteroatoms. The molecule has 0 aromatic carbocycles. The van der Waals surface area contributed by atoms with Crippen molar-refractivity contribution < 1.29 is 4.79 Å². The van der Waals surface area contributed by atoms with Crippen molar-refractivity contribution in [3.8, 4) is 0 Å². The number of carbonyl (C=O) groups is 1. The Morgan fingerprint density at radius 3 is 3.22 bits per heavy atom. The minimum atomic E-state index is -0.00606. The van der Waals surface area contributed by atoms with E-state index in [1.165, 1.54) is 17.9 Å². The zero-order valence-electron chi connectivity index (χ0n) is 10.6. The summed E-state index contributed by atoms with van der Waals surface area (Å²) in [5.41, 5.74) is 0.673. The summed E-state index contributed by atoms with van der Waals surface area (Å²) in [6.45, 7) is 3.59. The van der Waals surface area contributed by atoms with Gasteiger partial charge in [-0.25, -0.2) is 4.98 Å². The van der Waals surface area contributed by atoms with Gasteiger partial charge in [-0.05, 0) is 42.9 Å². The highest BCUT2D eigenvalue weighted by molar-refractivity contribution is 7.99. The van der Waals surface area contributed by atoms with E-state index in [9.17, 15) is 4.79 Å². The molecule has 0 aliphatic carbocycles. The van der Waals surface area contributed by atoms with Gasteiger partial charge < -0.3 is 10.6 Å². The van der Waals surface area contributed by atoms with Crippen LogP contribution in [0, 0.1) is 5.92 Å². The first-order valence-corrected chi connectivity index (χ1v) is 7.51. The highest BCUT2D eigenvalue weighted by Gasteiger charge is 2.16. The number of hydrogen-bond donors (Lipinski definition) is 2. The van der Waals surface area contributed by atoms with E-state index in [4.69, 9.17) is 0 Å². The summed E-state index contributed by atoms with van der Waals surface area (Å²) in [5.74, 6) is 3.77. The van der Waals surface area contributed by atoms with Gasteiger partial charge in [-0.3, -0.25) is 4.79 Å². The average Bonchev–Trinajstić information content (AvgIpc) is 2.90. The number of carbonyl (C=O) groups excluding carboxylic acids is 1. The summed E-state index contributed by atoms with van der Waals surface area (Å²) in [4.78, 5) is 16.1. The van der Waals surface area contributed by atoms with Crippen LogP contribution in [-0.4, -0.2) is 35.5 Å². The first-order chi connectivity index (χ1) is 8.79. The van der Waals surface area contributed by atoms with Crippen LogP contribution in [0.2, 0.25) is 0 Å². The minimum absolute atomic E-state index is 0.00606. The summed E-state index contributed by atoms with van der Waals surface area (Å²) in [5, 5.41) is 6.11. The van der Waals surface area contributed by atoms with Crippen LogP contribution in [0.15, 0.2) is 18.3 Å². The second-order valence-corrected chi connectivity index (χ2v) is 5.55. The first kappa shape index (κ1) is 13.2. The van der Waals surface area contributed by atoms with Crippen molar-refractivity contribution in [3.05, 3.63) is 23.9 Å². The van der Waals surface area contributed by atoms with Crippen LogP contribution in [0.3, 0.4) is 0 Å². The van der Waals surface area contributed by atoms with Crippen LogP contribution < -0.4 is 10.6 Å². The molecule has 1 amide bonds. The van der Waals surface area contributed by atoms with Crippen LogP contribution in [0.4, 0.5) is 5.82 Å². The Bertz CT molecular complexity index is 405. The predicted molar refractivity (Wildman–Crippen MR) is 76.2 cm³/mol. The van der Waals surface area contributed by atoms with Crippen LogP contribution in [-0.2, 0) is 0 Å². The molecule has 1 aliphatic heterocycles. The van der Waals surface area contributed by atoms with Crippen molar-refractivity contribution in [2.45, 2.75) is 13.3 Å². The van der Waals surface area contributed by atoms with Crippen molar-refractivity contribution in [2.75, 3.05) is 29.9 Å². The fourth-order valence-electron chi connectivity index (χ4n) is 1.93. The second-order valence-electron chi connectivity index (χ2n) is 4.40. The third kappa shape index (κ3) is 3.63. The number of pyridine rings is 1. The molecular weight excluding hydrogens is 246 g/mol. The molecule has 0 spiro atoms. The molecule has 1 atom stereocenters. The monoisotopic (exact) mass is 265 g/mol. The fraction of sp³-hybridized carbons (Fsp3) is 0.538. The van der Waals surface area contributed by atoms with E-state index in [0.717, 1.165) is 18.9 Å². The van der Waals surface area contributed by atoms with Crippen LogP contribution in [0.1, 0.15) is 23.7 Å². The zero-order valence-corrected chi connectivity index (χ0v) is 11.4. The topological polar surface area (TPSA) is 54.0 Å². The summed E-state index contributed by atoms with van der Waals surface area (Å²) in [6, 6.07) is 3.54. The van der Waals surface area contributed by atoms with Crippen LogP contribution in [0.25, 0.3) is 0 Å². The maximum Gasteiger partial charge on any atom is 0.251 e. The van der Waals surface area contributed by atoms with Crippen molar-refractivity contribution in [1.82, 2.24) is 10.3 Å². The Labute approximate surface area is 112 Å². The molecule has 2 rings (SSSR count). The number of amides is 1. The molecule has 1 fully saturated rings. The lowest BCUT2D eigenvalue weighted by Gasteiger charge is -2.10. The van der Waals surface area contributed by atoms with Crippen molar-refractivity contribution in [2.24, 2.45) is 5.92 Å². The number of nitrogens with one attached hydrogen (secondary N) is 2. The standard InChI is InChI=1S/C13H19N3OS/c1-2-14-12-7-11(3-5-15-12)13(17)16-8-10-4-6-18-9-10/h3,5,7,10H,2,4,6,8-9H2,1H3,(H,14,15)(H,16,17). The Morgan fingerprint density at radius 2 is 2.50 bits per heavy atom. The maximum absolute atomic E-state index is 12.0. The van der Waals surface area contributed by atoms with E-state index < -0.39 is 0 Å². The van der Waals surface area contributed by atoms with E-state index in [-0.39, 0.29) is 5.91 Å². The summed E-state index contributed by atoms with van der Waals surface area (Å²) in [7, 11) is 0. The molecule has 0 saturated carbocycles. The average molecular weight is 265 g/mol. The number of aromatic nitrogens is 1. The highest BCUT2D eigenvalue weighted by Crippen LogP contribution is 2.22. The van der Waals surface area contributed by atoms with Crippen LogP contribution in [0.5, 0.6) is 0 Å². The SMILES string of the molecule is CCNc1cc(C(=O)NCC2CCSC2)ccn1. The number of thioether (sulfide) groups is 1. The Hall–Kier alpha value is -1.23. The molecule has 0 bridgehead atoms. The Balaban J connectivity index is 1.89. The molecule has 2 heterocycles. The number of anilines is 1. The van der Waals surface area contributed by atoms with Gasteiger partial charge in [-0.1, -0.05) is 0 Å². The molecule has 1 unspecified atom stereocenters. The van der Waals surface area contributed by atoms with Gasteiger partial charge in [0.2, 0.25) is 0 Å². The lowest BCUT2D eigenvalue weighted by Crippen LogP contribution is -2.29. The maximum atomic E-state index is 12.0. The van der Waals surface area contributed by atoms with Crippen molar-refractivity contribution in [3.63, 3.8) is 0 Å². The van der Waals surface area contributed by atoms with E-state index in [1.54, 1.807) is 18.3 Å². The molecule has 1 aromatic rings. The second kappa shape index (κ2) is 6.64. The summed E-state index contributed by atoms with van der Waals surface area (Å²) < 4.78 is 0. The lowest BCUT2D eigenvalue weighted by molar-refractivity contribution is 0.0948. The molecule has 0 radical (unpaired) electrons. The highest BCUT2D eigenvalue weighted by atomic mass is 32.2. The summed E-state index contributed by atoms with van der Waals surface area (Å²) >= 11 is 1.97. The number of rotatable bonds is 5. The van der Waals surface area contributed by atoms with Gasteiger partial charge in [-0.15, -0.1) is 0 Å². The minimum Gasteiger partial charge on any atom is -0.370 e. The van der Waals surface area contributed by atoms with Gasteiger partial charge in [0.15, 0.2) is 0 Å². The zero-order chi connectivity index (χ0) is 12.8. The van der Waals surface area contributed by atoms with E-state index in [2.05, 4.69) is 15.6 Å². The normalized spacial score (nSPS) is 18.6. The summed E-state index contributed by atoms with van der Waals surface area (Å²) in [6.07, 6.45) is 2.88. The third-order valence-corrected chi connectivity index (χ3v) is 4.19. The lowest BCUT2D eigenvalue weighted by atomic mass is 10.1. The Kier molecular flexibility index (Phi) is 4.87. The van der Waals surface area contributed by atoms with Gasteiger partial charge in [-0.2, -0.15) is 11.8 Å². The molecule has 18 heavy (non-hydrogen) atoms. The van der Waals surface area contributed by atoms with Gasteiger partial charge in [0, 0.05) is 24.8 Å². The van der Waals surface area contributed by atoms with Gasteiger partial charge >= 0.3 is 0 Å². The van der Waals surface area contributed by atoms with Gasteiger partial charge in [0.05, 0.1) is 0 Å². The van der Waals surface area contributed by atoms with Crippen LogP contribution >= 0.6 is 11.8 Å². The smallest absolute Gasteiger partial charge is 0.251 e. The van der Waals surface area contributed by atoms with E-state index in [0.29, 0.717) is 11.5 Å². The molecule has 98 valence electrons. The molecule has 4 nitrogen and oxygen atoms in total. The van der Waals surface area contributed by atoms with E-state index in [1.807, 2.05) is 18.7 Å². The molecule has 1 saturated heterocycles. The fourth-order valence-corrected chi connectivity index (χ4v) is 3.22. The molecule has 1 aromatic heterocycles. The molecular formula is C13H19N3OS. The quantitative estimate of drug-likeness (QED) is 0.855. The first-order valence-electron chi connectivity index (χ1n) is 6.35. The van der Waals surface area contributed by atoms with Crippen molar-refractivity contribution in [1.29, 1.82) is 0 Å².